The van der Waals surface area contributed by atoms with Gasteiger partial charge in [0, 0.05) is 17.5 Å². The molecular weight excluding hydrogens is 251 g/mol. The molecule has 0 bridgehead atoms. The molecule has 2 aromatic rings. The Bertz CT molecular complexity index is 525. The Labute approximate surface area is 108 Å². The van der Waals surface area contributed by atoms with Crippen LogP contribution in [0.3, 0.4) is 0 Å². The van der Waals surface area contributed by atoms with Gasteiger partial charge in [-0.05, 0) is 36.6 Å². The maximum absolute atomic E-state index is 13.3. The molecule has 0 aliphatic heterocycles. The van der Waals surface area contributed by atoms with Crippen molar-refractivity contribution in [2.45, 2.75) is 35.5 Å². The van der Waals surface area contributed by atoms with Crippen LogP contribution >= 0.6 is 11.8 Å². The first-order valence-electron chi connectivity index (χ1n) is 5.86. The van der Waals surface area contributed by atoms with Crippen molar-refractivity contribution in [3.05, 3.63) is 35.9 Å². The van der Waals surface area contributed by atoms with Crippen molar-refractivity contribution in [1.82, 2.24) is 20.5 Å². The van der Waals surface area contributed by atoms with Gasteiger partial charge in [0.15, 0.2) is 5.16 Å². The Morgan fingerprint density at radius 3 is 3.06 bits per heavy atom. The van der Waals surface area contributed by atoms with Crippen molar-refractivity contribution in [2.24, 2.45) is 0 Å². The summed E-state index contributed by atoms with van der Waals surface area (Å²) in [6.07, 6.45) is 3.91. The Morgan fingerprint density at radius 2 is 2.33 bits per heavy atom. The van der Waals surface area contributed by atoms with E-state index < -0.39 is 0 Å². The number of halogens is 1. The maximum Gasteiger partial charge on any atom is 0.188 e. The van der Waals surface area contributed by atoms with E-state index in [4.69, 9.17) is 0 Å². The van der Waals surface area contributed by atoms with Gasteiger partial charge < -0.3 is 5.32 Å². The molecule has 6 heteroatoms. The Morgan fingerprint density at radius 1 is 1.44 bits per heavy atom. The van der Waals surface area contributed by atoms with Crippen LogP contribution in [-0.2, 0) is 6.54 Å². The second-order valence-corrected chi connectivity index (χ2v) is 5.33. The number of rotatable bonds is 5. The number of nitrogens with one attached hydrogen (secondary N) is 2. The molecule has 0 atom stereocenters. The van der Waals surface area contributed by atoms with E-state index in [-0.39, 0.29) is 5.82 Å². The third-order valence-electron chi connectivity index (χ3n) is 2.78. The van der Waals surface area contributed by atoms with Gasteiger partial charge >= 0.3 is 0 Å². The molecule has 94 valence electrons. The number of aromatic nitrogens is 3. The van der Waals surface area contributed by atoms with Crippen LogP contribution in [0.25, 0.3) is 0 Å². The number of hydrogen-bond donors (Lipinski definition) is 2. The number of aromatic amines is 1. The van der Waals surface area contributed by atoms with Gasteiger partial charge in [0.05, 0.1) is 0 Å². The maximum atomic E-state index is 13.3. The van der Waals surface area contributed by atoms with Crippen LogP contribution in [0.1, 0.15) is 18.4 Å². The summed E-state index contributed by atoms with van der Waals surface area (Å²) in [5.74, 6) is -0.204. The molecule has 0 saturated heterocycles. The second-order valence-electron chi connectivity index (χ2n) is 4.30. The molecule has 1 fully saturated rings. The van der Waals surface area contributed by atoms with Crippen LogP contribution in [0, 0.1) is 5.82 Å². The summed E-state index contributed by atoms with van der Waals surface area (Å²) < 4.78 is 13.3. The minimum Gasteiger partial charge on any atom is -0.310 e. The third kappa shape index (κ3) is 2.88. The Balaban J connectivity index is 1.77. The first-order valence-corrected chi connectivity index (χ1v) is 6.68. The predicted octanol–water partition coefficient (Wildman–Crippen LogP) is 2.35. The number of H-pyrrole nitrogens is 1. The minimum atomic E-state index is -0.204. The lowest BCUT2D eigenvalue weighted by atomic mass is 10.2. The molecule has 0 amide bonds. The molecule has 2 N–H and O–H groups in total. The minimum absolute atomic E-state index is 0.204. The topological polar surface area (TPSA) is 53.6 Å². The molecular formula is C12H13FN4S. The molecule has 3 rings (SSSR count). The van der Waals surface area contributed by atoms with Gasteiger partial charge in [-0.3, -0.25) is 5.10 Å². The predicted molar refractivity (Wildman–Crippen MR) is 66.8 cm³/mol. The largest absolute Gasteiger partial charge is 0.310 e. The lowest BCUT2D eigenvalue weighted by molar-refractivity contribution is 0.616. The van der Waals surface area contributed by atoms with Gasteiger partial charge in [0.25, 0.3) is 0 Å². The quantitative estimate of drug-likeness (QED) is 0.870. The van der Waals surface area contributed by atoms with E-state index >= 15 is 0 Å². The molecule has 1 aliphatic rings. The van der Waals surface area contributed by atoms with Crippen molar-refractivity contribution in [2.75, 3.05) is 0 Å². The molecule has 1 aromatic carbocycles. The average Bonchev–Trinajstić information content (AvgIpc) is 3.06. The smallest absolute Gasteiger partial charge is 0.188 e. The third-order valence-corrected chi connectivity index (χ3v) is 3.79. The van der Waals surface area contributed by atoms with E-state index in [1.807, 2.05) is 0 Å². The molecule has 1 aliphatic carbocycles. The van der Waals surface area contributed by atoms with E-state index in [2.05, 4.69) is 20.5 Å². The molecule has 0 radical (unpaired) electrons. The highest BCUT2D eigenvalue weighted by Crippen LogP contribution is 2.29. The van der Waals surface area contributed by atoms with Crippen molar-refractivity contribution < 1.29 is 4.39 Å². The summed E-state index contributed by atoms with van der Waals surface area (Å²) in [7, 11) is 0. The summed E-state index contributed by atoms with van der Waals surface area (Å²) in [5.41, 5.74) is 0.961. The van der Waals surface area contributed by atoms with E-state index in [9.17, 15) is 4.39 Å². The van der Waals surface area contributed by atoms with Gasteiger partial charge in [0.1, 0.15) is 12.1 Å². The fourth-order valence-electron chi connectivity index (χ4n) is 1.68. The zero-order valence-electron chi connectivity index (χ0n) is 9.69. The van der Waals surface area contributed by atoms with Gasteiger partial charge in [-0.15, -0.1) is 0 Å². The monoisotopic (exact) mass is 264 g/mol. The van der Waals surface area contributed by atoms with Crippen molar-refractivity contribution in [3.63, 3.8) is 0 Å². The highest BCUT2D eigenvalue weighted by Gasteiger charge is 2.20. The van der Waals surface area contributed by atoms with Crippen LogP contribution < -0.4 is 5.32 Å². The van der Waals surface area contributed by atoms with E-state index in [1.165, 1.54) is 37.0 Å². The summed E-state index contributed by atoms with van der Waals surface area (Å²) in [5, 5.41) is 10.7. The zero-order chi connectivity index (χ0) is 12.4. The summed E-state index contributed by atoms with van der Waals surface area (Å²) in [4.78, 5) is 5.07. The number of nitrogens with zero attached hydrogens (tertiary/aromatic N) is 2. The highest BCUT2D eigenvalue weighted by atomic mass is 32.2. The van der Waals surface area contributed by atoms with Gasteiger partial charge in [-0.25, -0.2) is 9.37 Å². The van der Waals surface area contributed by atoms with Crippen LogP contribution in [0.4, 0.5) is 4.39 Å². The number of hydrogen-bond acceptors (Lipinski definition) is 4. The van der Waals surface area contributed by atoms with Crippen molar-refractivity contribution >= 4 is 11.8 Å². The normalized spacial score (nSPS) is 14.9. The van der Waals surface area contributed by atoms with E-state index in [1.54, 1.807) is 12.1 Å². The highest BCUT2D eigenvalue weighted by molar-refractivity contribution is 7.99. The first kappa shape index (κ1) is 11.7. The lowest BCUT2D eigenvalue weighted by Gasteiger charge is -2.08. The Kier molecular flexibility index (Phi) is 3.29. The van der Waals surface area contributed by atoms with E-state index in [0.29, 0.717) is 17.7 Å². The molecule has 0 spiro atoms. The van der Waals surface area contributed by atoms with Crippen LogP contribution in [-0.4, -0.2) is 21.2 Å². The summed E-state index contributed by atoms with van der Waals surface area (Å²) in [6, 6.07) is 5.44. The van der Waals surface area contributed by atoms with Gasteiger partial charge in [-0.1, -0.05) is 11.8 Å². The fourth-order valence-corrected chi connectivity index (χ4v) is 2.48. The molecule has 0 unspecified atom stereocenters. The lowest BCUT2D eigenvalue weighted by Crippen LogP contribution is -2.16. The summed E-state index contributed by atoms with van der Waals surface area (Å²) >= 11 is 1.47. The molecule has 1 saturated carbocycles. The van der Waals surface area contributed by atoms with Crippen molar-refractivity contribution in [1.29, 1.82) is 0 Å². The van der Waals surface area contributed by atoms with Crippen LogP contribution in [0.2, 0.25) is 0 Å². The van der Waals surface area contributed by atoms with Crippen molar-refractivity contribution in [3.8, 4) is 0 Å². The summed E-state index contributed by atoms with van der Waals surface area (Å²) in [6.45, 7) is 0.693. The van der Waals surface area contributed by atoms with Gasteiger partial charge in [-0.2, -0.15) is 5.10 Å². The second kappa shape index (κ2) is 5.07. The average molecular weight is 264 g/mol. The molecule has 18 heavy (non-hydrogen) atoms. The zero-order valence-corrected chi connectivity index (χ0v) is 10.5. The SMILES string of the molecule is Fc1ccc(Sc2ncn[nH]2)c(CNC2CC2)c1. The molecule has 1 aromatic heterocycles. The Hall–Kier alpha value is -1.40. The standard InChI is InChI=1S/C12H13FN4S/c13-9-1-4-11(18-12-15-7-16-17-12)8(5-9)6-14-10-2-3-10/h1,4-5,7,10,14H,2-3,6H2,(H,15,16,17). The van der Waals surface area contributed by atoms with Crippen LogP contribution in [0.5, 0.6) is 0 Å². The van der Waals surface area contributed by atoms with Gasteiger partial charge in [0.2, 0.25) is 0 Å². The van der Waals surface area contributed by atoms with E-state index in [0.717, 1.165) is 10.5 Å². The number of benzene rings is 1. The molecule has 4 nitrogen and oxygen atoms in total. The first-order chi connectivity index (χ1) is 8.81. The van der Waals surface area contributed by atoms with Crippen LogP contribution in [0.15, 0.2) is 34.6 Å². The fraction of sp³-hybridized carbons (Fsp3) is 0.333. The molecule has 1 heterocycles.